The zero-order chi connectivity index (χ0) is 18.9. The van der Waals surface area contributed by atoms with Gasteiger partial charge in [0.2, 0.25) is 0 Å². The summed E-state index contributed by atoms with van der Waals surface area (Å²) >= 11 is 0. The lowest BCUT2D eigenvalue weighted by Gasteiger charge is -2.09. The molecule has 3 rings (SSSR count). The van der Waals surface area contributed by atoms with Gasteiger partial charge in [0.15, 0.2) is 0 Å². The maximum atomic E-state index is 12.0. The van der Waals surface area contributed by atoms with E-state index in [2.05, 4.69) is 22.0 Å². The summed E-state index contributed by atoms with van der Waals surface area (Å²) in [6, 6.07) is 17.6. The van der Waals surface area contributed by atoms with E-state index in [0.717, 1.165) is 43.6 Å². The summed E-state index contributed by atoms with van der Waals surface area (Å²) in [5.41, 5.74) is 2.92. The Kier molecular flexibility index (Phi) is 6.99. The number of hydrogen-bond acceptors (Lipinski definition) is 3. The van der Waals surface area contributed by atoms with Gasteiger partial charge in [0, 0.05) is 32.2 Å². The molecule has 5 nitrogen and oxygen atoms in total. The number of aromatic nitrogens is 2. The molecule has 0 radical (unpaired) electrons. The SMILES string of the molecule is COCCn1c(CCCCCNC(=O)c2ccccc2)nc2ccccc21. The fourth-order valence-corrected chi connectivity index (χ4v) is 3.23. The summed E-state index contributed by atoms with van der Waals surface area (Å²) in [5, 5.41) is 2.98. The van der Waals surface area contributed by atoms with Crippen molar-refractivity contribution in [1.82, 2.24) is 14.9 Å². The van der Waals surface area contributed by atoms with Crippen LogP contribution in [0.2, 0.25) is 0 Å². The quantitative estimate of drug-likeness (QED) is 0.556. The van der Waals surface area contributed by atoms with Gasteiger partial charge in [-0.2, -0.15) is 0 Å². The van der Waals surface area contributed by atoms with E-state index in [1.165, 1.54) is 5.52 Å². The van der Waals surface area contributed by atoms with Crippen molar-refractivity contribution in [2.24, 2.45) is 0 Å². The first-order chi connectivity index (χ1) is 13.3. The lowest BCUT2D eigenvalue weighted by atomic mass is 10.1. The van der Waals surface area contributed by atoms with Gasteiger partial charge < -0.3 is 14.6 Å². The van der Waals surface area contributed by atoms with Crippen molar-refractivity contribution >= 4 is 16.9 Å². The minimum atomic E-state index is -0.00282. The molecule has 2 aromatic carbocycles. The van der Waals surface area contributed by atoms with Crippen LogP contribution < -0.4 is 5.32 Å². The van der Waals surface area contributed by atoms with Crippen LogP contribution in [0.3, 0.4) is 0 Å². The van der Waals surface area contributed by atoms with Crippen LogP contribution in [0.15, 0.2) is 54.6 Å². The molecule has 0 saturated heterocycles. The number of ether oxygens (including phenoxy) is 1. The molecule has 1 aromatic heterocycles. The summed E-state index contributed by atoms with van der Waals surface area (Å²) in [6.45, 7) is 2.20. The molecule has 0 saturated carbocycles. The molecule has 3 aromatic rings. The molecule has 1 amide bonds. The van der Waals surface area contributed by atoms with Crippen LogP contribution >= 0.6 is 0 Å². The third-order valence-corrected chi connectivity index (χ3v) is 4.65. The maximum Gasteiger partial charge on any atom is 0.251 e. The van der Waals surface area contributed by atoms with Crippen molar-refractivity contribution in [1.29, 1.82) is 0 Å². The molecule has 27 heavy (non-hydrogen) atoms. The second-order valence-corrected chi connectivity index (χ2v) is 6.59. The third kappa shape index (κ3) is 5.17. The molecule has 0 unspecified atom stereocenters. The van der Waals surface area contributed by atoms with Gasteiger partial charge in [-0.05, 0) is 37.1 Å². The standard InChI is InChI=1S/C22H27N3O2/c1-27-17-16-25-20-13-8-7-12-19(20)24-21(25)14-6-3-9-15-23-22(26)18-10-4-2-5-11-18/h2,4-5,7-8,10-13H,3,6,9,14-17H2,1H3,(H,23,26). The normalized spacial score (nSPS) is 11.0. The molecule has 0 bridgehead atoms. The van der Waals surface area contributed by atoms with E-state index < -0.39 is 0 Å². The van der Waals surface area contributed by atoms with E-state index >= 15 is 0 Å². The lowest BCUT2D eigenvalue weighted by Crippen LogP contribution is -2.24. The van der Waals surface area contributed by atoms with Crippen LogP contribution in [0.5, 0.6) is 0 Å². The number of para-hydroxylation sites is 2. The number of amides is 1. The first-order valence-corrected chi connectivity index (χ1v) is 9.56. The number of nitrogens with zero attached hydrogens (tertiary/aromatic N) is 2. The Bertz CT molecular complexity index is 858. The average molecular weight is 365 g/mol. The Balaban J connectivity index is 1.45. The Morgan fingerprint density at radius 3 is 2.63 bits per heavy atom. The predicted octanol–water partition coefficient (Wildman–Crippen LogP) is 3.83. The molecule has 0 aliphatic heterocycles. The molecular weight excluding hydrogens is 338 g/mol. The molecular formula is C22H27N3O2. The van der Waals surface area contributed by atoms with Gasteiger partial charge in [-0.25, -0.2) is 4.98 Å². The number of benzene rings is 2. The van der Waals surface area contributed by atoms with Crippen molar-refractivity contribution in [3.63, 3.8) is 0 Å². The number of hydrogen-bond donors (Lipinski definition) is 1. The number of imidazole rings is 1. The lowest BCUT2D eigenvalue weighted by molar-refractivity contribution is 0.0953. The van der Waals surface area contributed by atoms with Crippen molar-refractivity contribution < 1.29 is 9.53 Å². The smallest absolute Gasteiger partial charge is 0.251 e. The highest BCUT2D eigenvalue weighted by atomic mass is 16.5. The number of fused-ring (bicyclic) bond motifs is 1. The third-order valence-electron chi connectivity index (χ3n) is 4.65. The molecule has 142 valence electrons. The van der Waals surface area contributed by atoms with E-state index in [1.54, 1.807) is 7.11 Å². The first kappa shape index (κ1) is 19.1. The van der Waals surface area contributed by atoms with Gasteiger partial charge in [-0.1, -0.05) is 36.8 Å². The monoisotopic (exact) mass is 365 g/mol. The van der Waals surface area contributed by atoms with Gasteiger partial charge in [-0.15, -0.1) is 0 Å². The van der Waals surface area contributed by atoms with Crippen LogP contribution in [0.4, 0.5) is 0 Å². The highest BCUT2D eigenvalue weighted by Gasteiger charge is 2.10. The second kappa shape index (κ2) is 9.88. The van der Waals surface area contributed by atoms with Crippen LogP contribution in [0.1, 0.15) is 35.4 Å². The zero-order valence-corrected chi connectivity index (χ0v) is 15.9. The van der Waals surface area contributed by atoms with Crippen LogP contribution in [-0.2, 0) is 17.7 Å². The number of carbonyl (C=O) groups excluding carboxylic acids is 1. The summed E-state index contributed by atoms with van der Waals surface area (Å²) < 4.78 is 7.51. The van der Waals surface area contributed by atoms with Gasteiger partial charge in [0.05, 0.1) is 17.6 Å². The zero-order valence-electron chi connectivity index (χ0n) is 15.9. The van der Waals surface area contributed by atoms with Crippen molar-refractivity contribution in [3.8, 4) is 0 Å². The minimum absolute atomic E-state index is 0.00282. The Morgan fingerprint density at radius 1 is 1.04 bits per heavy atom. The fourth-order valence-electron chi connectivity index (χ4n) is 3.23. The van der Waals surface area contributed by atoms with Gasteiger partial charge in [0.25, 0.3) is 5.91 Å². The number of nitrogens with one attached hydrogen (secondary N) is 1. The minimum Gasteiger partial charge on any atom is -0.383 e. The van der Waals surface area contributed by atoms with E-state index in [1.807, 2.05) is 42.5 Å². The Labute approximate surface area is 160 Å². The largest absolute Gasteiger partial charge is 0.383 e. The number of aryl methyl sites for hydroxylation is 1. The second-order valence-electron chi connectivity index (χ2n) is 6.59. The first-order valence-electron chi connectivity index (χ1n) is 9.56. The van der Waals surface area contributed by atoms with Crippen molar-refractivity contribution in [2.75, 3.05) is 20.3 Å². The molecule has 1 N–H and O–H groups in total. The maximum absolute atomic E-state index is 12.0. The van der Waals surface area contributed by atoms with E-state index in [9.17, 15) is 4.79 Å². The number of unbranched alkanes of at least 4 members (excludes halogenated alkanes) is 2. The van der Waals surface area contributed by atoms with Crippen LogP contribution in [0.25, 0.3) is 11.0 Å². The molecule has 0 aliphatic carbocycles. The molecule has 0 atom stereocenters. The highest BCUT2D eigenvalue weighted by molar-refractivity contribution is 5.94. The highest BCUT2D eigenvalue weighted by Crippen LogP contribution is 2.17. The topological polar surface area (TPSA) is 56.1 Å². The molecule has 1 heterocycles. The van der Waals surface area contributed by atoms with E-state index in [0.29, 0.717) is 18.7 Å². The molecule has 5 heteroatoms. The molecule has 0 aliphatic rings. The summed E-state index contributed by atoms with van der Waals surface area (Å²) in [4.78, 5) is 16.8. The molecule has 0 spiro atoms. The number of rotatable bonds is 10. The predicted molar refractivity (Wildman–Crippen MR) is 108 cm³/mol. The van der Waals surface area contributed by atoms with Crippen molar-refractivity contribution in [3.05, 3.63) is 66.0 Å². The summed E-state index contributed by atoms with van der Waals surface area (Å²) in [5.74, 6) is 1.11. The summed E-state index contributed by atoms with van der Waals surface area (Å²) in [6.07, 6.45) is 4.02. The van der Waals surface area contributed by atoms with E-state index in [-0.39, 0.29) is 5.91 Å². The van der Waals surface area contributed by atoms with Crippen molar-refractivity contribution in [2.45, 2.75) is 32.2 Å². The van der Waals surface area contributed by atoms with Gasteiger partial charge in [-0.3, -0.25) is 4.79 Å². The van der Waals surface area contributed by atoms with Crippen LogP contribution in [-0.4, -0.2) is 35.7 Å². The number of carbonyl (C=O) groups is 1. The number of methoxy groups -OCH3 is 1. The fraction of sp³-hybridized carbons (Fsp3) is 0.364. The Morgan fingerprint density at radius 2 is 1.81 bits per heavy atom. The summed E-state index contributed by atoms with van der Waals surface area (Å²) in [7, 11) is 1.72. The van der Waals surface area contributed by atoms with Gasteiger partial charge in [0.1, 0.15) is 5.82 Å². The Hall–Kier alpha value is -2.66. The molecule has 0 fully saturated rings. The van der Waals surface area contributed by atoms with Crippen LogP contribution in [0, 0.1) is 0 Å². The van der Waals surface area contributed by atoms with E-state index in [4.69, 9.17) is 9.72 Å². The average Bonchev–Trinajstić information content (AvgIpc) is 3.06. The van der Waals surface area contributed by atoms with Gasteiger partial charge >= 0.3 is 0 Å².